The third-order valence-electron chi connectivity index (χ3n) is 4.43. The van der Waals surface area contributed by atoms with Crippen LogP contribution in [0.5, 0.6) is 0 Å². The first-order valence-electron chi connectivity index (χ1n) is 7.61. The van der Waals surface area contributed by atoms with Crippen LogP contribution in [0, 0.1) is 11.6 Å². The SMILES string of the molecule is N[C@H]1CCN(CCN2CC=Cc3c(F)cc(F)cc32)C[C@H]1O. The third kappa shape index (κ3) is 3.14. The molecule has 2 aliphatic rings. The van der Waals surface area contributed by atoms with Gasteiger partial charge in [-0.15, -0.1) is 0 Å². The van der Waals surface area contributed by atoms with Crippen LogP contribution in [0.4, 0.5) is 14.5 Å². The molecular weight excluding hydrogens is 288 g/mol. The van der Waals surface area contributed by atoms with Gasteiger partial charge in [-0.25, -0.2) is 8.78 Å². The number of halogens is 2. The Morgan fingerprint density at radius 2 is 2.09 bits per heavy atom. The van der Waals surface area contributed by atoms with Crippen molar-refractivity contribution in [3.63, 3.8) is 0 Å². The van der Waals surface area contributed by atoms with E-state index in [0.717, 1.165) is 25.6 Å². The van der Waals surface area contributed by atoms with Gasteiger partial charge in [-0.05, 0) is 19.0 Å². The van der Waals surface area contributed by atoms with Gasteiger partial charge in [-0.2, -0.15) is 0 Å². The quantitative estimate of drug-likeness (QED) is 0.881. The summed E-state index contributed by atoms with van der Waals surface area (Å²) in [7, 11) is 0. The van der Waals surface area contributed by atoms with Crippen LogP contribution < -0.4 is 10.6 Å². The summed E-state index contributed by atoms with van der Waals surface area (Å²) < 4.78 is 27.3. The average molecular weight is 309 g/mol. The van der Waals surface area contributed by atoms with Crippen molar-refractivity contribution in [2.24, 2.45) is 5.73 Å². The van der Waals surface area contributed by atoms with E-state index < -0.39 is 17.7 Å². The van der Waals surface area contributed by atoms with E-state index >= 15 is 0 Å². The minimum Gasteiger partial charge on any atom is -0.390 e. The Balaban J connectivity index is 1.66. The molecule has 0 saturated carbocycles. The number of fused-ring (bicyclic) bond motifs is 1. The Labute approximate surface area is 128 Å². The number of β-amino-alcohol motifs (C(OH)–C–C–N with tert-alkyl or cyclic N) is 1. The maximum absolute atomic E-state index is 13.8. The second-order valence-electron chi connectivity index (χ2n) is 5.99. The lowest BCUT2D eigenvalue weighted by molar-refractivity contribution is 0.0549. The Kier molecular flexibility index (Phi) is 4.42. The molecule has 0 radical (unpaired) electrons. The van der Waals surface area contributed by atoms with E-state index in [2.05, 4.69) is 4.90 Å². The normalized spacial score (nSPS) is 25.4. The number of nitrogens with zero attached hydrogens (tertiary/aromatic N) is 2. The molecule has 0 amide bonds. The maximum atomic E-state index is 13.8. The first-order chi connectivity index (χ1) is 10.5. The van der Waals surface area contributed by atoms with Crippen molar-refractivity contribution < 1.29 is 13.9 Å². The maximum Gasteiger partial charge on any atom is 0.135 e. The molecule has 3 rings (SSSR count). The fourth-order valence-electron chi connectivity index (χ4n) is 3.09. The summed E-state index contributed by atoms with van der Waals surface area (Å²) in [5.74, 6) is -1.09. The van der Waals surface area contributed by atoms with Crippen molar-refractivity contribution in [2.45, 2.75) is 18.6 Å². The van der Waals surface area contributed by atoms with Crippen LogP contribution in [-0.2, 0) is 0 Å². The number of hydrogen-bond acceptors (Lipinski definition) is 4. The fourth-order valence-corrected chi connectivity index (χ4v) is 3.09. The first kappa shape index (κ1) is 15.4. The van der Waals surface area contributed by atoms with Gasteiger partial charge in [0, 0.05) is 43.9 Å². The van der Waals surface area contributed by atoms with Crippen molar-refractivity contribution >= 4 is 11.8 Å². The van der Waals surface area contributed by atoms with Gasteiger partial charge in [-0.1, -0.05) is 12.2 Å². The van der Waals surface area contributed by atoms with E-state index in [1.54, 1.807) is 6.08 Å². The third-order valence-corrected chi connectivity index (χ3v) is 4.43. The van der Waals surface area contributed by atoms with Gasteiger partial charge in [0.05, 0.1) is 11.8 Å². The molecule has 1 saturated heterocycles. The zero-order valence-corrected chi connectivity index (χ0v) is 12.4. The molecule has 1 aromatic rings. The smallest absolute Gasteiger partial charge is 0.135 e. The summed E-state index contributed by atoms with van der Waals surface area (Å²) in [6, 6.07) is 2.14. The van der Waals surface area contributed by atoms with Gasteiger partial charge in [-0.3, -0.25) is 4.90 Å². The molecule has 0 aromatic heterocycles. The van der Waals surface area contributed by atoms with Crippen molar-refractivity contribution in [3.05, 3.63) is 35.4 Å². The second-order valence-corrected chi connectivity index (χ2v) is 5.99. The van der Waals surface area contributed by atoms with Crippen LogP contribution in [0.15, 0.2) is 18.2 Å². The van der Waals surface area contributed by atoms with Crippen LogP contribution in [0.2, 0.25) is 0 Å². The number of rotatable bonds is 3. The molecule has 2 atom stereocenters. The van der Waals surface area contributed by atoms with E-state index in [1.807, 2.05) is 11.0 Å². The predicted octanol–water partition coefficient (Wildman–Crippen LogP) is 1.19. The zero-order chi connectivity index (χ0) is 15.7. The van der Waals surface area contributed by atoms with Crippen molar-refractivity contribution in [3.8, 4) is 0 Å². The molecule has 0 spiro atoms. The molecule has 1 fully saturated rings. The van der Waals surface area contributed by atoms with Gasteiger partial charge < -0.3 is 15.7 Å². The van der Waals surface area contributed by atoms with Crippen molar-refractivity contribution in [1.29, 1.82) is 0 Å². The molecule has 22 heavy (non-hydrogen) atoms. The van der Waals surface area contributed by atoms with Crippen LogP contribution in [0.25, 0.3) is 6.08 Å². The lowest BCUT2D eigenvalue weighted by Crippen LogP contribution is -2.52. The largest absolute Gasteiger partial charge is 0.390 e. The topological polar surface area (TPSA) is 52.7 Å². The molecule has 4 nitrogen and oxygen atoms in total. The highest BCUT2D eigenvalue weighted by molar-refractivity contribution is 5.71. The second kappa shape index (κ2) is 6.32. The molecule has 2 aliphatic heterocycles. The lowest BCUT2D eigenvalue weighted by Gasteiger charge is -2.36. The van der Waals surface area contributed by atoms with Gasteiger partial charge >= 0.3 is 0 Å². The van der Waals surface area contributed by atoms with Gasteiger partial charge in [0.25, 0.3) is 0 Å². The lowest BCUT2D eigenvalue weighted by atomic mass is 10.0. The van der Waals surface area contributed by atoms with Crippen LogP contribution in [-0.4, -0.2) is 54.9 Å². The van der Waals surface area contributed by atoms with E-state index in [9.17, 15) is 13.9 Å². The number of hydrogen-bond donors (Lipinski definition) is 2. The Bertz CT molecular complexity index is 579. The van der Waals surface area contributed by atoms with Crippen molar-refractivity contribution in [2.75, 3.05) is 37.6 Å². The molecule has 6 heteroatoms. The number of aliphatic hydroxyl groups excluding tert-OH is 1. The number of nitrogens with two attached hydrogens (primary N) is 1. The van der Waals surface area contributed by atoms with Crippen LogP contribution in [0.1, 0.15) is 12.0 Å². The summed E-state index contributed by atoms with van der Waals surface area (Å²) in [5.41, 5.74) is 6.83. The number of benzene rings is 1. The van der Waals surface area contributed by atoms with Crippen LogP contribution >= 0.6 is 0 Å². The Morgan fingerprint density at radius 3 is 2.86 bits per heavy atom. The first-order valence-corrected chi connectivity index (χ1v) is 7.61. The zero-order valence-electron chi connectivity index (χ0n) is 12.4. The summed E-state index contributed by atoms with van der Waals surface area (Å²) >= 11 is 0. The highest BCUT2D eigenvalue weighted by Gasteiger charge is 2.25. The van der Waals surface area contributed by atoms with E-state index in [0.29, 0.717) is 30.9 Å². The number of piperidine rings is 1. The summed E-state index contributed by atoms with van der Waals surface area (Å²) in [5, 5.41) is 9.83. The molecule has 0 bridgehead atoms. The molecule has 120 valence electrons. The predicted molar refractivity (Wildman–Crippen MR) is 82.6 cm³/mol. The summed E-state index contributed by atoms with van der Waals surface area (Å²) in [6.45, 7) is 3.41. The Morgan fingerprint density at radius 1 is 1.27 bits per heavy atom. The fraction of sp³-hybridized carbons (Fsp3) is 0.500. The highest BCUT2D eigenvalue weighted by Crippen LogP contribution is 2.29. The van der Waals surface area contributed by atoms with Crippen molar-refractivity contribution in [1.82, 2.24) is 4.90 Å². The van der Waals surface area contributed by atoms with E-state index in [4.69, 9.17) is 5.73 Å². The molecular formula is C16H21F2N3O. The number of likely N-dealkylation sites (tertiary alicyclic amines) is 1. The minimum absolute atomic E-state index is 0.155. The summed E-state index contributed by atoms with van der Waals surface area (Å²) in [6.07, 6.45) is 3.84. The van der Waals surface area contributed by atoms with E-state index in [-0.39, 0.29) is 6.04 Å². The van der Waals surface area contributed by atoms with Gasteiger partial charge in [0.2, 0.25) is 0 Å². The number of anilines is 1. The molecule has 2 heterocycles. The van der Waals surface area contributed by atoms with E-state index in [1.165, 1.54) is 6.07 Å². The highest BCUT2D eigenvalue weighted by atomic mass is 19.1. The minimum atomic E-state index is -0.559. The Hall–Kier alpha value is -1.50. The monoisotopic (exact) mass is 309 g/mol. The number of aliphatic hydroxyl groups is 1. The van der Waals surface area contributed by atoms with Gasteiger partial charge in [0.15, 0.2) is 0 Å². The van der Waals surface area contributed by atoms with Crippen LogP contribution in [0.3, 0.4) is 0 Å². The molecule has 3 N–H and O–H groups in total. The molecule has 1 aromatic carbocycles. The molecule has 0 unspecified atom stereocenters. The molecule has 0 aliphatic carbocycles. The van der Waals surface area contributed by atoms with Gasteiger partial charge in [0.1, 0.15) is 11.6 Å². The summed E-state index contributed by atoms with van der Waals surface area (Å²) in [4.78, 5) is 4.10. The average Bonchev–Trinajstić information content (AvgIpc) is 2.48. The standard InChI is InChI=1S/C16H21F2N3O/c17-11-8-13(18)12-2-1-4-21(15(12)9-11)7-6-20-5-3-14(19)16(22)10-20/h1-2,8-9,14,16,22H,3-7,10,19H2/t14-,16+/m0/s1.